The quantitative estimate of drug-likeness (QED) is 0.334. The molecule has 0 atom stereocenters. The molecule has 5 rings (SSSR count). The summed E-state index contributed by atoms with van der Waals surface area (Å²) < 4.78 is 20.8. The molecule has 2 heterocycles. The van der Waals surface area contributed by atoms with Crippen molar-refractivity contribution in [3.8, 4) is 23.0 Å². The second kappa shape index (κ2) is 9.31. The summed E-state index contributed by atoms with van der Waals surface area (Å²) in [7, 11) is 1.60. The molecule has 0 radical (unpaired) electrons. The first-order chi connectivity index (χ1) is 16.7. The summed E-state index contributed by atoms with van der Waals surface area (Å²) in [5, 5.41) is 4.20. The molecular weight excluding hydrogens is 429 g/mol. The van der Waals surface area contributed by atoms with Gasteiger partial charge in [0.1, 0.15) is 5.82 Å². The molecule has 0 fully saturated rings. The minimum Gasteiger partial charge on any atom is -0.481 e. The van der Waals surface area contributed by atoms with E-state index in [4.69, 9.17) is 14.7 Å². The van der Waals surface area contributed by atoms with Crippen molar-refractivity contribution in [2.45, 2.75) is 13.3 Å². The third-order valence-electron chi connectivity index (χ3n) is 5.51. The van der Waals surface area contributed by atoms with E-state index in [9.17, 15) is 4.39 Å². The first kappa shape index (κ1) is 21.6. The number of benzene rings is 3. The number of hydrogen-bond donors (Lipinski definition) is 1. The minimum absolute atomic E-state index is 0.276. The topological polar surface area (TPSA) is 64.3 Å². The number of halogens is 1. The maximum absolute atomic E-state index is 13.4. The van der Waals surface area contributed by atoms with Crippen LogP contribution >= 0.6 is 0 Å². The van der Waals surface area contributed by atoms with Gasteiger partial charge in [-0.1, -0.05) is 19.1 Å². The molecule has 1 aromatic heterocycles. The van der Waals surface area contributed by atoms with E-state index in [0.717, 1.165) is 51.3 Å². The van der Waals surface area contributed by atoms with Crippen LogP contribution in [-0.2, 0) is 0 Å². The average Bonchev–Trinajstić information content (AvgIpc) is 2.87. The largest absolute Gasteiger partial charge is 0.481 e. The number of hydrogen-bond acceptors (Lipinski definition) is 5. The minimum atomic E-state index is -0.276. The van der Waals surface area contributed by atoms with E-state index in [1.165, 1.54) is 12.1 Å². The Bertz CT molecular complexity index is 1480. The normalized spacial score (nSPS) is 11.8. The van der Waals surface area contributed by atoms with Gasteiger partial charge in [-0.2, -0.15) is 0 Å². The molecule has 0 unspecified atom stereocenters. The summed E-state index contributed by atoms with van der Waals surface area (Å²) in [6.45, 7) is 2.78. The van der Waals surface area contributed by atoms with Crippen LogP contribution in [0.3, 0.4) is 0 Å². The van der Waals surface area contributed by atoms with Crippen LogP contribution in [0, 0.1) is 5.82 Å². The smallest absolute Gasteiger partial charge is 0.213 e. The Morgan fingerprint density at radius 3 is 2.59 bits per heavy atom. The maximum Gasteiger partial charge on any atom is 0.213 e. The van der Waals surface area contributed by atoms with Crippen LogP contribution in [0.1, 0.15) is 13.3 Å². The summed E-state index contributed by atoms with van der Waals surface area (Å²) in [5.41, 5.74) is 6.01. The molecule has 3 aromatic rings. The number of rotatable bonds is 6. The van der Waals surface area contributed by atoms with Crippen molar-refractivity contribution >= 4 is 22.4 Å². The fourth-order valence-electron chi connectivity index (χ4n) is 3.90. The van der Waals surface area contributed by atoms with Gasteiger partial charge in [0, 0.05) is 18.3 Å². The van der Waals surface area contributed by atoms with Gasteiger partial charge in [-0.3, -0.25) is 4.99 Å². The monoisotopic (exact) mass is 453 g/mol. The molecule has 0 spiro atoms. The molecule has 2 aromatic carbocycles. The number of para-hydroxylation sites is 2. The molecule has 0 amide bonds. The summed E-state index contributed by atoms with van der Waals surface area (Å²) in [6, 6.07) is 22.1. The van der Waals surface area contributed by atoms with Crippen LogP contribution in [0.4, 0.5) is 15.8 Å². The summed E-state index contributed by atoms with van der Waals surface area (Å²) in [5.74, 6) is 0.277. The van der Waals surface area contributed by atoms with Gasteiger partial charge in [0.2, 0.25) is 5.88 Å². The molecule has 2 aliphatic rings. The summed E-state index contributed by atoms with van der Waals surface area (Å²) >= 11 is 0. The zero-order valence-electron chi connectivity index (χ0n) is 19.0. The summed E-state index contributed by atoms with van der Waals surface area (Å²) in [6.07, 6.45) is 2.71. The number of nitrogens with one attached hydrogen (secondary N) is 1. The molecule has 1 aliphatic heterocycles. The fraction of sp³-hybridized carbons (Fsp3) is 0.148. The van der Waals surface area contributed by atoms with Gasteiger partial charge >= 0.3 is 0 Å². The number of anilines is 2. The van der Waals surface area contributed by atoms with Crippen molar-refractivity contribution in [1.29, 1.82) is 0 Å². The zero-order valence-corrected chi connectivity index (χ0v) is 19.0. The fourth-order valence-corrected chi connectivity index (χ4v) is 3.90. The molecule has 34 heavy (non-hydrogen) atoms. The molecule has 6 nitrogen and oxygen atoms in total. The molecule has 7 heteroatoms. The van der Waals surface area contributed by atoms with Gasteiger partial charge in [-0.15, -0.1) is 0 Å². The molecule has 1 N–H and O–H groups in total. The van der Waals surface area contributed by atoms with Crippen molar-refractivity contribution in [2.24, 2.45) is 4.99 Å². The van der Waals surface area contributed by atoms with Gasteiger partial charge in [0.25, 0.3) is 0 Å². The highest BCUT2D eigenvalue weighted by molar-refractivity contribution is 5.84. The Labute approximate surface area is 196 Å². The highest BCUT2D eigenvalue weighted by atomic mass is 19.1. The van der Waals surface area contributed by atoms with Crippen molar-refractivity contribution in [3.63, 3.8) is 0 Å². The lowest BCUT2D eigenvalue weighted by atomic mass is 10.1. The van der Waals surface area contributed by atoms with E-state index in [2.05, 4.69) is 21.8 Å². The van der Waals surface area contributed by atoms with Crippen molar-refractivity contribution in [1.82, 2.24) is 14.5 Å². The molecule has 1 aliphatic carbocycles. The van der Waals surface area contributed by atoms with Crippen molar-refractivity contribution < 1.29 is 9.13 Å². The van der Waals surface area contributed by atoms with Crippen LogP contribution in [0.25, 0.3) is 28.1 Å². The lowest BCUT2D eigenvalue weighted by molar-refractivity contribution is 0.398. The third-order valence-corrected chi connectivity index (χ3v) is 5.51. The number of fused-ring (bicyclic) bond motifs is 2. The molecule has 170 valence electrons. The van der Waals surface area contributed by atoms with Gasteiger partial charge in [0.15, 0.2) is 0 Å². The number of pyridine rings is 1. The first-order valence-electron chi connectivity index (χ1n) is 11.2. The van der Waals surface area contributed by atoms with E-state index in [1.807, 2.05) is 48.5 Å². The Kier molecular flexibility index (Phi) is 5.91. The summed E-state index contributed by atoms with van der Waals surface area (Å²) in [4.78, 5) is 14.2. The van der Waals surface area contributed by atoms with E-state index in [1.54, 1.807) is 25.4 Å². The Balaban J connectivity index is 1.77. The predicted molar refractivity (Wildman–Crippen MR) is 132 cm³/mol. The van der Waals surface area contributed by atoms with Crippen molar-refractivity contribution in [3.05, 3.63) is 90.2 Å². The molecule has 0 saturated carbocycles. The SMILES string of the molecule is CCCN=c1cc2n(-c3ccc(OC)nc3)c3ccccc3nc-2cc1Nc1ccc(F)cc1. The highest BCUT2D eigenvalue weighted by Gasteiger charge is 2.17. The lowest BCUT2D eigenvalue weighted by Gasteiger charge is -2.20. The van der Waals surface area contributed by atoms with Crippen LogP contribution in [0.2, 0.25) is 0 Å². The van der Waals surface area contributed by atoms with E-state index in [-0.39, 0.29) is 5.82 Å². The Morgan fingerprint density at radius 1 is 1.03 bits per heavy atom. The maximum atomic E-state index is 13.4. The van der Waals surface area contributed by atoms with Crippen LogP contribution in [0.15, 0.2) is 84.0 Å². The third kappa shape index (κ3) is 4.20. The van der Waals surface area contributed by atoms with Crippen LogP contribution < -0.4 is 15.4 Å². The van der Waals surface area contributed by atoms with E-state index in [0.29, 0.717) is 12.4 Å². The second-order valence-electron chi connectivity index (χ2n) is 7.87. The number of methoxy groups -OCH3 is 1. The number of ether oxygens (including phenoxy) is 1. The highest BCUT2D eigenvalue weighted by Crippen LogP contribution is 2.30. The molecular formula is C27H24FN5O. The first-order valence-corrected chi connectivity index (χ1v) is 11.2. The van der Waals surface area contributed by atoms with Crippen molar-refractivity contribution in [2.75, 3.05) is 19.0 Å². The van der Waals surface area contributed by atoms with E-state index < -0.39 is 0 Å². The van der Waals surface area contributed by atoms with Gasteiger partial charge < -0.3 is 14.6 Å². The Hall–Kier alpha value is -4.26. The van der Waals surface area contributed by atoms with Crippen LogP contribution in [-0.4, -0.2) is 28.2 Å². The molecule has 0 bridgehead atoms. The standard InChI is InChI=1S/C27H24FN5O/c1-3-14-29-22-16-26-24(15-23(22)31-19-10-8-18(28)9-11-19)32-21-6-4-5-7-25(21)33(26)20-12-13-27(34-2)30-17-20/h4-13,15-17,31H,3,14H2,1-2H3. The second-order valence-corrected chi connectivity index (χ2v) is 7.87. The average molecular weight is 454 g/mol. The Morgan fingerprint density at radius 2 is 1.85 bits per heavy atom. The number of nitrogens with zero attached hydrogens (tertiary/aromatic N) is 4. The predicted octanol–water partition coefficient (Wildman–Crippen LogP) is 5.73. The van der Waals surface area contributed by atoms with Gasteiger partial charge in [-0.05, 0) is 61.0 Å². The zero-order chi connectivity index (χ0) is 23.5. The van der Waals surface area contributed by atoms with Gasteiger partial charge in [-0.25, -0.2) is 14.4 Å². The lowest BCUT2D eigenvalue weighted by Crippen LogP contribution is -2.15. The van der Waals surface area contributed by atoms with Gasteiger partial charge in [0.05, 0.1) is 52.5 Å². The number of aromatic nitrogens is 3. The molecule has 0 saturated heterocycles. The van der Waals surface area contributed by atoms with Crippen LogP contribution in [0.5, 0.6) is 5.88 Å². The van der Waals surface area contributed by atoms with E-state index >= 15 is 0 Å².